The van der Waals surface area contributed by atoms with Crippen molar-refractivity contribution in [2.75, 3.05) is 13.2 Å². The minimum absolute atomic E-state index is 0.00905. The van der Waals surface area contributed by atoms with Crippen LogP contribution >= 0.6 is 0 Å². The zero-order chi connectivity index (χ0) is 28.6. The highest BCUT2D eigenvalue weighted by atomic mass is 16.5. The first-order chi connectivity index (χ1) is 17.7. The van der Waals surface area contributed by atoms with Gasteiger partial charge in [0.05, 0.1) is 12.1 Å². The SMILES string of the molecule is CC(=O)OCC(NC(=O)NC(C(=O)N1CCCC1C(=O)NC(C)C(=O)C(N)=O)C1CCCCC1)C(C)(C)C. The number of primary amides is 1. The molecule has 5 N–H and O–H groups in total. The van der Waals surface area contributed by atoms with E-state index in [9.17, 15) is 28.8 Å². The highest BCUT2D eigenvalue weighted by Gasteiger charge is 2.41. The number of rotatable bonds is 10. The van der Waals surface area contributed by atoms with Gasteiger partial charge in [-0.3, -0.25) is 24.0 Å². The van der Waals surface area contributed by atoms with E-state index in [2.05, 4.69) is 16.0 Å². The quantitative estimate of drug-likeness (QED) is 0.235. The summed E-state index contributed by atoms with van der Waals surface area (Å²) in [6.45, 7) is 8.70. The first-order valence-corrected chi connectivity index (χ1v) is 13.4. The number of Topliss-reactive ketones (excluding diaryl/α,β-unsaturated/α-hetero) is 1. The van der Waals surface area contributed by atoms with Crippen LogP contribution in [0.15, 0.2) is 0 Å². The fourth-order valence-electron chi connectivity index (χ4n) is 4.97. The molecule has 1 saturated carbocycles. The minimum Gasteiger partial charge on any atom is -0.464 e. The summed E-state index contributed by atoms with van der Waals surface area (Å²) in [4.78, 5) is 75.7. The first kappa shape index (κ1) is 31.0. The molecule has 1 heterocycles. The molecule has 0 aromatic heterocycles. The number of nitrogens with one attached hydrogen (secondary N) is 3. The Morgan fingerprint density at radius 2 is 1.58 bits per heavy atom. The Labute approximate surface area is 224 Å². The van der Waals surface area contributed by atoms with Crippen LogP contribution in [0.2, 0.25) is 0 Å². The maximum atomic E-state index is 13.8. The van der Waals surface area contributed by atoms with Gasteiger partial charge < -0.3 is 31.3 Å². The van der Waals surface area contributed by atoms with Gasteiger partial charge in [-0.2, -0.15) is 0 Å². The summed E-state index contributed by atoms with van der Waals surface area (Å²) in [5.74, 6) is -3.52. The molecule has 38 heavy (non-hydrogen) atoms. The number of ketones is 1. The molecule has 214 valence electrons. The fourth-order valence-corrected chi connectivity index (χ4v) is 4.97. The van der Waals surface area contributed by atoms with E-state index in [0.29, 0.717) is 19.4 Å². The van der Waals surface area contributed by atoms with Gasteiger partial charge in [0.15, 0.2) is 0 Å². The van der Waals surface area contributed by atoms with Crippen LogP contribution in [0, 0.1) is 11.3 Å². The zero-order valence-electron chi connectivity index (χ0n) is 23.1. The van der Waals surface area contributed by atoms with Gasteiger partial charge >= 0.3 is 12.0 Å². The molecule has 1 aliphatic heterocycles. The lowest BCUT2D eigenvalue weighted by Crippen LogP contribution is -2.60. The summed E-state index contributed by atoms with van der Waals surface area (Å²) in [6.07, 6.45) is 5.44. The molecule has 0 aromatic rings. The topological polar surface area (TPSA) is 177 Å². The molecule has 12 heteroatoms. The summed E-state index contributed by atoms with van der Waals surface area (Å²) in [7, 11) is 0. The number of nitrogens with two attached hydrogens (primary N) is 1. The van der Waals surface area contributed by atoms with Crippen molar-refractivity contribution in [2.24, 2.45) is 17.1 Å². The monoisotopic (exact) mass is 537 g/mol. The molecule has 2 fully saturated rings. The second kappa shape index (κ2) is 13.6. The summed E-state index contributed by atoms with van der Waals surface area (Å²) >= 11 is 0. The number of ether oxygens (including phenoxy) is 1. The predicted octanol–water partition coefficient (Wildman–Crippen LogP) is 0.762. The standard InChI is InChI=1S/C26H43N5O7/c1-15(21(33)22(27)34)28-23(35)18-12-9-13-31(18)24(36)20(17-10-7-6-8-11-17)30-25(37)29-19(26(3,4)5)14-38-16(2)32/h15,17-20H,6-14H2,1-5H3,(H2,27,34)(H,28,35)(H2,29,30,37). The van der Waals surface area contributed by atoms with E-state index in [1.165, 1.54) is 18.7 Å². The van der Waals surface area contributed by atoms with Crippen molar-refractivity contribution in [2.45, 2.75) is 104 Å². The molecular weight excluding hydrogens is 494 g/mol. The van der Waals surface area contributed by atoms with Crippen molar-refractivity contribution in [1.29, 1.82) is 0 Å². The molecule has 4 unspecified atom stereocenters. The molecule has 0 aromatic carbocycles. The van der Waals surface area contributed by atoms with Gasteiger partial charge in [-0.05, 0) is 43.9 Å². The largest absolute Gasteiger partial charge is 0.464 e. The number of likely N-dealkylation sites (tertiary alicyclic amines) is 1. The van der Waals surface area contributed by atoms with Crippen LogP contribution < -0.4 is 21.7 Å². The number of carbonyl (C=O) groups is 6. The third-order valence-corrected chi connectivity index (χ3v) is 7.31. The summed E-state index contributed by atoms with van der Waals surface area (Å²) in [5, 5.41) is 8.20. The van der Waals surface area contributed by atoms with Crippen LogP contribution in [0.4, 0.5) is 4.79 Å². The van der Waals surface area contributed by atoms with E-state index in [0.717, 1.165) is 32.1 Å². The highest BCUT2D eigenvalue weighted by molar-refractivity contribution is 6.37. The third-order valence-electron chi connectivity index (χ3n) is 7.31. The van der Waals surface area contributed by atoms with E-state index in [1.54, 1.807) is 0 Å². The summed E-state index contributed by atoms with van der Waals surface area (Å²) < 4.78 is 5.13. The fraction of sp³-hybridized carbons (Fsp3) is 0.769. The number of nitrogens with zero attached hydrogens (tertiary/aromatic N) is 1. The molecule has 4 atom stereocenters. The third kappa shape index (κ3) is 8.70. The predicted molar refractivity (Wildman–Crippen MR) is 138 cm³/mol. The zero-order valence-corrected chi connectivity index (χ0v) is 23.1. The Morgan fingerprint density at radius 1 is 0.947 bits per heavy atom. The maximum Gasteiger partial charge on any atom is 0.315 e. The number of hydrogen-bond acceptors (Lipinski definition) is 7. The van der Waals surface area contributed by atoms with Crippen LogP contribution in [-0.2, 0) is 28.7 Å². The molecule has 1 aliphatic carbocycles. The van der Waals surface area contributed by atoms with Crippen LogP contribution in [0.3, 0.4) is 0 Å². The van der Waals surface area contributed by atoms with Gasteiger partial charge in [0.1, 0.15) is 18.7 Å². The molecule has 0 bridgehead atoms. The molecule has 0 radical (unpaired) electrons. The number of amides is 5. The van der Waals surface area contributed by atoms with Gasteiger partial charge in [0.25, 0.3) is 5.91 Å². The molecule has 0 spiro atoms. The molecule has 2 rings (SSSR count). The summed E-state index contributed by atoms with van der Waals surface area (Å²) in [5.41, 5.74) is 4.61. The first-order valence-electron chi connectivity index (χ1n) is 13.4. The van der Waals surface area contributed by atoms with E-state index < -0.39 is 59.2 Å². The van der Waals surface area contributed by atoms with Crippen LogP contribution in [-0.4, -0.2) is 77.7 Å². The average Bonchev–Trinajstić information content (AvgIpc) is 3.34. The van der Waals surface area contributed by atoms with Gasteiger partial charge in [0.2, 0.25) is 17.6 Å². The number of hydrogen-bond donors (Lipinski definition) is 4. The van der Waals surface area contributed by atoms with Crippen molar-refractivity contribution in [3.05, 3.63) is 0 Å². The lowest BCUT2D eigenvalue weighted by molar-refractivity contribution is -0.142. The Balaban J connectivity index is 2.18. The minimum atomic E-state index is -1.15. The van der Waals surface area contributed by atoms with E-state index in [4.69, 9.17) is 10.5 Å². The average molecular weight is 538 g/mol. The Bertz CT molecular complexity index is 910. The van der Waals surface area contributed by atoms with Crippen molar-refractivity contribution in [3.8, 4) is 0 Å². The summed E-state index contributed by atoms with van der Waals surface area (Å²) in [6, 6.07) is -3.83. The lowest BCUT2D eigenvalue weighted by atomic mass is 9.83. The number of esters is 1. The van der Waals surface area contributed by atoms with Gasteiger partial charge in [-0.25, -0.2) is 4.79 Å². The normalized spacial score (nSPS) is 20.6. The second-order valence-corrected chi connectivity index (χ2v) is 11.4. The van der Waals surface area contributed by atoms with E-state index in [-0.39, 0.29) is 18.4 Å². The molecule has 1 saturated heterocycles. The van der Waals surface area contributed by atoms with Crippen LogP contribution in [0.25, 0.3) is 0 Å². The van der Waals surface area contributed by atoms with Crippen molar-refractivity contribution in [1.82, 2.24) is 20.9 Å². The molecular formula is C26H43N5O7. The van der Waals surface area contributed by atoms with E-state index >= 15 is 0 Å². The van der Waals surface area contributed by atoms with Gasteiger partial charge in [0, 0.05) is 13.5 Å². The van der Waals surface area contributed by atoms with Gasteiger partial charge in [-0.15, -0.1) is 0 Å². The Kier molecular flexibility index (Phi) is 11.1. The van der Waals surface area contributed by atoms with Crippen molar-refractivity contribution in [3.63, 3.8) is 0 Å². The van der Waals surface area contributed by atoms with Gasteiger partial charge in [-0.1, -0.05) is 40.0 Å². The highest BCUT2D eigenvalue weighted by Crippen LogP contribution is 2.29. The number of urea groups is 1. The Morgan fingerprint density at radius 3 is 2.13 bits per heavy atom. The van der Waals surface area contributed by atoms with E-state index in [1.807, 2.05) is 20.8 Å². The molecule has 5 amide bonds. The smallest absolute Gasteiger partial charge is 0.315 e. The molecule has 12 nitrogen and oxygen atoms in total. The second-order valence-electron chi connectivity index (χ2n) is 11.4. The maximum absolute atomic E-state index is 13.8. The van der Waals surface area contributed by atoms with Crippen LogP contribution in [0.1, 0.15) is 79.6 Å². The lowest BCUT2D eigenvalue weighted by Gasteiger charge is -2.36. The molecule has 2 aliphatic rings. The number of carbonyl (C=O) groups excluding carboxylic acids is 6. The van der Waals surface area contributed by atoms with Crippen LogP contribution in [0.5, 0.6) is 0 Å². The van der Waals surface area contributed by atoms with Crippen molar-refractivity contribution >= 4 is 35.5 Å². The van der Waals surface area contributed by atoms with Crippen molar-refractivity contribution < 1.29 is 33.5 Å². The Hall–Kier alpha value is -3.18.